The molecule has 0 saturated heterocycles. The molecule has 0 aliphatic heterocycles. The summed E-state index contributed by atoms with van der Waals surface area (Å²) in [5.41, 5.74) is 0.829. The summed E-state index contributed by atoms with van der Waals surface area (Å²) in [7, 11) is 0. The minimum absolute atomic E-state index is 0.277. The van der Waals surface area contributed by atoms with Crippen LogP contribution in [0.25, 0.3) is 11.6 Å². The van der Waals surface area contributed by atoms with Crippen LogP contribution in [0.4, 0.5) is 0 Å². The molecule has 0 amide bonds. The van der Waals surface area contributed by atoms with Gasteiger partial charge in [0, 0.05) is 12.7 Å². The molecule has 0 unspecified atom stereocenters. The van der Waals surface area contributed by atoms with Crippen molar-refractivity contribution in [3.63, 3.8) is 0 Å². The Hall–Kier alpha value is -1.43. The topological polar surface area (TPSA) is 59.6 Å². The summed E-state index contributed by atoms with van der Waals surface area (Å²) < 4.78 is 6.94. The highest BCUT2D eigenvalue weighted by Gasteiger charge is 2.08. The van der Waals surface area contributed by atoms with Crippen molar-refractivity contribution in [1.29, 1.82) is 0 Å². The van der Waals surface area contributed by atoms with Crippen molar-refractivity contribution in [2.75, 3.05) is 0 Å². The molecule has 0 spiro atoms. The highest BCUT2D eigenvalue weighted by atomic mass is 32.1. The Morgan fingerprint density at radius 3 is 3.15 bits per heavy atom. The van der Waals surface area contributed by atoms with Crippen molar-refractivity contribution in [1.82, 2.24) is 20.0 Å². The van der Waals surface area contributed by atoms with Gasteiger partial charge in [0.1, 0.15) is 5.69 Å². The fourth-order valence-electron chi connectivity index (χ4n) is 1.11. The van der Waals surface area contributed by atoms with Crippen molar-refractivity contribution in [2.45, 2.75) is 13.5 Å². The molecule has 1 N–H and O–H groups in total. The van der Waals surface area contributed by atoms with Crippen LogP contribution in [0.3, 0.4) is 0 Å². The summed E-state index contributed by atoms with van der Waals surface area (Å²) in [6, 6.07) is 1.83. The van der Waals surface area contributed by atoms with Gasteiger partial charge in [0.05, 0.1) is 0 Å². The Balaban J connectivity index is 2.51. The SMILES string of the molecule is CCn1nccc1-c1n[nH]c(=S)o1. The molecule has 2 heterocycles. The summed E-state index contributed by atoms with van der Waals surface area (Å²) in [4.78, 5) is 0.277. The van der Waals surface area contributed by atoms with Crippen molar-refractivity contribution < 1.29 is 4.42 Å². The Kier molecular flexibility index (Phi) is 1.97. The predicted molar refractivity (Wildman–Crippen MR) is 48.6 cm³/mol. The first-order valence-corrected chi connectivity index (χ1v) is 4.29. The van der Waals surface area contributed by atoms with Crippen LogP contribution in [0.1, 0.15) is 6.92 Å². The number of rotatable bonds is 2. The van der Waals surface area contributed by atoms with Crippen LogP contribution in [0.5, 0.6) is 0 Å². The number of H-pyrrole nitrogens is 1. The second-order valence-corrected chi connectivity index (χ2v) is 2.82. The van der Waals surface area contributed by atoms with E-state index < -0.39 is 0 Å². The summed E-state index contributed by atoms with van der Waals surface area (Å²) in [5.74, 6) is 0.476. The third-order valence-electron chi connectivity index (χ3n) is 1.67. The molecule has 2 aromatic heterocycles. The van der Waals surface area contributed by atoms with E-state index >= 15 is 0 Å². The Morgan fingerprint density at radius 1 is 1.69 bits per heavy atom. The van der Waals surface area contributed by atoms with E-state index in [0.29, 0.717) is 5.89 Å². The Labute approximate surface area is 79.4 Å². The molecule has 2 aromatic rings. The molecular formula is C7H8N4OS. The van der Waals surface area contributed by atoms with Crippen LogP contribution in [-0.4, -0.2) is 20.0 Å². The molecule has 0 saturated carbocycles. The van der Waals surface area contributed by atoms with Gasteiger partial charge < -0.3 is 4.42 Å². The zero-order valence-electron chi connectivity index (χ0n) is 7.02. The van der Waals surface area contributed by atoms with Gasteiger partial charge in [0.15, 0.2) is 0 Å². The monoisotopic (exact) mass is 196 g/mol. The van der Waals surface area contributed by atoms with Crippen LogP contribution in [0.15, 0.2) is 16.7 Å². The predicted octanol–water partition coefficient (Wildman–Crippen LogP) is 1.62. The molecule has 5 nitrogen and oxygen atoms in total. The smallest absolute Gasteiger partial charge is 0.284 e. The van der Waals surface area contributed by atoms with E-state index in [4.69, 9.17) is 16.6 Å². The van der Waals surface area contributed by atoms with Crippen LogP contribution in [0.2, 0.25) is 0 Å². The lowest BCUT2D eigenvalue weighted by Gasteiger charge is -1.97. The molecule has 0 bridgehead atoms. The third-order valence-corrected chi connectivity index (χ3v) is 1.85. The van der Waals surface area contributed by atoms with Gasteiger partial charge in [-0.2, -0.15) is 5.10 Å². The lowest BCUT2D eigenvalue weighted by molar-refractivity contribution is 0.539. The molecule has 0 aliphatic carbocycles. The average Bonchev–Trinajstić information content (AvgIpc) is 2.71. The fraction of sp³-hybridized carbons (Fsp3) is 0.286. The number of hydrogen-bond donors (Lipinski definition) is 1. The molecule has 0 radical (unpaired) electrons. The van der Waals surface area contributed by atoms with E-state index in [1.165, 1.54) is 0 Å². The highest BCUT2D eigenvalue weighted by Crippen LogP contribution is 2.15. The number of nitrogens with one attached hydrogen (secondary N) is 1. The van der Waals surface area contributed by atoms with Gasteiger partial charge in [-0.25, -0.2) is 5.10 Å². The molecule has 0 aliphatic rings. The summed E-state index contributed by atoms with van der Waals surface area (Å²) in [6.45, 7) is 2.77. The van der Waals surface area contributed by atoms with Crippen LogP contribution in [0, 0.1) is 4.84 Å². The van der Waals surface area contributed by atoms with Crippen LogP contribution < -0.4 is 0 Å². The average molecular weight is 196 g/mol. The summed E-state index contributed by atoms with van der Waals surface area (Å²) >= 11 is 4.77. The van der Waals surface area contributed by atoms with Crippen LogP contribution in [-0.2, 0) is 6.54 Å². The van der Waals surface area contributed by atoms with E-state index in [9.17, 15) is 0 Å². The zero-order valence-corrected chi connectivity index (χ0v) is 7.84. The first-order valence-electron chi connectivity index (χ1n) is 3.89. The highest BCUT2D eigenvalue weighted by molar-refractivity contribution is 7.71. The van der Waals surface area contributed by atoms with Crippen LogP contribution >= 0.6 is 12.2 Å². The fourth-order valence-corrected chi connectivity index (χ4v) is 1.23. The number of aromatic nitrogens is 4. The van der Waals surface area contributed by atoms with Gasteiger partial charge in [-0.05, 0) is 25.2 Å². The number of aryl methyl sites for hydroxylation is 1. The maximum atomic E-state index is 5.16. The van der Waals surface area contributed by atoms with Crippen molar-refractivity contribution in [3.8, 4) is 11.6 Å². The molecule has 68 valence electrons. The second kappa shape index (κ2) is 3.14. The second-order valence-electron chi connectivity index (χ2n) is 2.45. The van der Waals surface area contributed by atoms with Crippen molar-refractivity contribution in [3.05, 3.63) is 17.1 Å². The first kappa shape index (κ1) is 8.18. The molecular weight excluding hydrogens is 188 g/mol. The summed E-state index contributed by atoms with van der Waals surface area (Å²) in [5, 5.41) is 10.6. The van der Waals surface area contributed by atoms with Crippen molar-refractivity contribution >= 4 is 12.2 Å². The zero-order chi connectivity index (χ0) is 9.26. The molecule has 13 heavy (non-hydrogen) atoms. The van der Waals surface area contributed by atoms with E-state index in [0.717, 1.165) is 12.2 Å². The Bertz CT molecular complexity index is 455. The van der Waals surface area contributed by atoms with E-state index in [2.05, 4.69) is 15.3 Å². The molecule has 0 atom stereocenters. The van der Waals surface area contributed by atoms with E-state index in [1.807, 2.05) is 13.0 Å². The Morgan fingerprint density at radius 2 is 2.54 bits per heavy atom. The number of aromatic amines is 1. The van der Waals surface area contributed by atoms with E-state index in [1.54, 1.807) is 10.9 Å². The molecule has 6 heteroatoms. The third kappa shape index (κ3) is 1.40. The van der Waals surface area contributed by atoms with Gasteiger partial charge in [-0.3, -0.25) is 4.68 Å². The minimum atomic E-state index is 0.277. The molecule has 0 fully saturated rings. The van der Waals surface area contributed by atoms with Gasteiger partial charge in [0.2, 0.25) is 0 Å². The van der Waals surface area contributed by atoms with Gasteiger partial charge in [-0.1, -0.05) is 0 Å². The van der Waals surface area contributed by atoms with Gasteiger partial charge >= 0.3 is 0 Å². The number of nitrogens with zero attached hydrogens (tertiary/aromatic N) is 3. The normalized spacial score (nSPS) is 10.5. The standard InChI is InChI=1S/C7H8N4OS/c1-2-11-5(3-4-8-11)6-9-10-7(13)12-6/h3-4H,2H2,1H3,(H,10,13). The number of hydrogen-bond acceptors (Lipinski definition) is 4. The maximum Gasteiger partial charge on any atom is 0.284 e. The largest absolute Gasteiger partial charge is 0.408 e. The molecule has 0 aromatic carbocycles. The quantitative estimate of drug-likeness (QED) is 0.741. The molecule has 2 rings (SSSR count). The summed E-state index contributed by atoms with van der Waals surface area (Å²) in [6.07, 6.45) is 1.70. The lowest BCUT2D eigenvalue weighted by Crippen LogP contribution is -1.98. The van der Waals surface area contributed by atoms with Gasteiger partial charge in [-0.15, -0.1) is 5.10 Å². The lowest BCUT2D eigenvalue weighted by atomic mass is 10.4. The maximum absolute atomic E-state index is 5.16. The van der Waals surface area contributed by atoms with Crippen molar-refractivity contribution in [2.24, 2.45) is 0 Å². The first-order chi connectivity index (χ1) is 6.31. The minimum Gasteiger partial charge on any atom is -0.408 e. The van der Waals surface area contributed by atoms with E-state index in [-0.39, 0.29) is 4.84 Å². The van der Waals surface area contributed by atoms with Gasteiger partial charge in [0.25, 0.3) is 10.7 Å².